The van der Waals surface area contributed by atoms with E-state index in [2.05, 4.69) is 5.32 Å². The number of nitrogens with zero attached hydrogens (tertiary/aromatic N) is 1. The molecular weight excluding hydrogens is 512 g/mol. The molecule has 0 aliphatic carbocycles. The Labute approximate surface area is 220 Å². The van der Waals surface area contributed by atoms with E-state index in [0.29, 0.717) is 42.1 Å². The van der Waals surface area contributed by atoms with E-state index >= 15 is 4.39 Å². The topological polar surface area (TPSA) is 61.8 Å². The minimum atomic E-state index is -4.54. The summed E-state index contributed by atoms with van der Waals surface area (Å²) in [6.45, 7) is 9.56. The number of hydrogen-bond acceptors (Lipinski definition) is 4. The number of benzene rings is 2. The molecule has 37 heavy (non-hydrogen) atoms. The summed E-state index contributed by atoms with van der Waals surface area (Å²) in [7, 11) is 0. The van der Waals surface area contributed by atoms with Gasteiger partial charge in [0.25, 0.3) is 0 Å². The van der Waals surface area contributed by atoms with E-state index in [0.717, 1.165) is 0 Å². The molecule has 2 aromatic carbocycles. The van der Waals surface area contributed by atoms with Crippen molar-refractivity contribution < 1.29 is 32.2 Å². The van der Waals surface area contributed by atoms with Crippen molar-refractivity contribution in [2.24, 2.45) is 11.8 Å². The molecule has 0 heterocycles. The Morgan fingerprint density at radius 1 is 1.11 bits per heavy atom. The van der Waals surface area contributed by atoms with Gasteiger partial charge >= 0.3 is 12.1 Å². The average molecular weight is 547 g/mol. The Morgan fingerprint density at radius 2 is 1.73 bits per heavy atom. The van der Waals surface area contributed by atoms with Gasteiger partial charge in [-0.15, -0.1) is 0 Å². The number of carboxylic acid groups (broad SMARTS) is 1. The molecule has 5 nitrogen and oxygen atoms in total. The van der Waals surface area contributed by atoms with Gasteiger partial charge < -0.3 is 20.1 Å². The number of rotatable bonds is 13. The summed E-state index contributed by atoms with van der Waals surface area (Å²) in [5, 5.41) is 12.5. The number of nitrogens with one attached hydrogen (secondary N) is 1. The molecule has 0 aliphatic heterocycles. The highest BCUT2D eigenvalue weighted by Gasteiger charge is 2.29. The lowest BCUT2D eigenvalue weighted by Crippen LogP contribution is -2.32. The number of ether oxygens (including phenoxy) is 1. The first kappa shape index (κ1) is 30.5. The number of carbonyl (C=O) groups is 1. The van der Waals surface area contributed by atoms with Crippen molar-refractivity contribution in [1.29, 1.82) is 0 Å². The Bertz CT molecular complexity index is 1050. The Morgan fingerprint density at radius 3 is 2.24 bits per heavy atom. The van der Waals surface area contributed by atoms with Crippen LogP contribution in [0.2, 0.25) is 5.02 Å². The van der Waals surface area contributed by atoms with Crippen LogP contribution >= 0.6 is 11.6 Å². The summed E-state index contributed by atoms with van der Waals surface area (Å²) in [6.07, 6.45) is -4.21. The van der Waals surface area contributed by atoms with Gasteiger partial charge in [0.05, 0.1) is 22.8 Å². The summed E-state index contributed by atoms with van der Waals surface area (Å²) >= 11 is 6.04. The highest BCUT2D eigenvalue weighted by atomic mass is 35.5. The van der Waals surface area contributed by atoms with Crippen LogP contribution in [0.5, 0.6) is 5.75 Å². The number of alkyl halides is 3. The lowest BCUT2D eigenvalue weighted by Gasteiger charge is -2.32. The van der Waals surface area contributed by atoms with Crippen molar-refractivity contribution in [3.63, 3.8) is 0 Å². The predicted octanol–water partition coefficient (Wildman–Crippen LogP) is 8.25. The first-order chi connectivity index (χ1) is 17.2. The van der Waals surface area contributed by atoms with Gasteiger partial charge in [-0.2, -0.15) is 13.2 Å². The molecule has 0 aromatic heterocycles. The quantitative estimate of drug-likeness (QED) is 0.248. The van der Waals surface area contributed by atoms with Crippen LogP contribution in [0.3, 0.4) is 0 Å². The van der Waals surface area contributed by atoms with Gasteiger partial charge in [0.15, 0.2) is 6.61 Å². The number of aliphatic carboxylic acids is 1. The fourth-order valence-corrected chi connectivity index (χ4v) is 4.30. The van der Waals surface area contributed by atoms with E-state index in [1.54, 1.807) is 12.1 Å². The molecule has 0 amide bonds. The van der Waals surface area contributed by atoms with Crippen molar-refractivity contribution >= 4 is 34.6 Å². The van der Waals surface area contributed by atoms with Crippen LogP contribution in [0.4, 0.5) is 34.6 Å². The molecular formula is C27H35ClF4N2O3. The predicted molar refractivity (Wildman–Crippen MR) is 140 cm³/mol. The lowest BCUT2D eigenvalue weighted by atomic mass is 9.92. The number of hydrogen-bond donors (Lipinski definition) is 2. The second-order valence-electron chi connectivity index (χ2n) is 9.97. The van der Waals surface area contributed by atoms with Crippen molar-refractivity contribution in [3.8, 4) is 5.75 Å². The number of carboxylic acids is 1. The van der Waals surface area contributed by atoms with Crippen LogP contribution in [0.25, 0.3) is 0 Å². The summed E-state index contributed by atoms with van der Waals surface area (Å²) in [6, 6.07) is 7.38. The zero-order valence-corrected chi connectivity index (χ0v) is 22.5. The SMILES string of the molecule is CCC(CC(=O)O)c1cc(F)c(N(CC(C)C)CC(C)C)c(Nc2ccc(Cl)c(OCC(F)(F)F)c2)c1. The van der Waals surface area contributed by atoms with E-state index < -0.39 is 30.5 Å². The lowest BCUT2D eigenvalue weighted by molar-refractivity contribution is -0.153. The van der Waals surface area contributed by atoms with Crippen LogP contribution in [0.1, 0.15) is 58.9 Å². The molecule has 0 spiro atoms. The minimum Gasteiger partial charge on any atom is -0.482 e. The highest BCUT2D eigenvalue weighted by Crippen LogP contribution is 2.39. The maximum atomic E-state index is 15.8. The third-order valence-corrected chi connectivity index (χ3v) is 5.87. The molecule has 10 heteroatoms. The molecule has 2 N–H and O–H groups in total. The van der Waals surface area contributed by atoms with Crippen LogP contribution in [-0.2, 0) is 4.79 Å². The highest BCUT2D eigenvalue weighted by molar-refractivity contribution is 6.32. The molecule has 1 unspecified atom stereocenters. The molecule has 2 aromatic rings. The normalized spacial score (nSPS) is 12.6. The molecule has 0 bridgehead atoms. The van der Waals surface area contributed by atoms with Crippen LogP contribution in [0, 0.1) is 17.7 Å². The van der Waals surface area contributed by atoms with E-state index in [-0.39, 0.29) is 29.0 Å². The maximum Gasteiger partial charge on any atom is 0.422 e. The van der Waals surface area contributed by atoms with Crippen molar-refractivity contribution in [1.82, 2.24) is 0 Å². The van der Waals surface area contributed by atoms with Crippen molar-refractivity contribution in [2.75, 3.05) is 29.9 Å². The summed E-state index contributed by atoms with van der Waals surface area (Å²) in [4.78, 5) is 13.3. The summed E-state index contributed by atoms with van der Waals surface area (Å²) < 4.78 is 58.7. The first-order valence-corrected chi connectivity index (χ1v) is 12.6. The first-order valence-electron chi connectivity index (χ1n) is 12.3. The fraction of sp³-hybridized carbons (Fsp3) is 0.519. The van der Waals surface area contributed by atoms with Gasteiger partial charge in [-0.25, -0.2) is 4.39 Å². The monoisotopic (exact) mass is 546 g/mol. The van der Waals surface area contributed by atoms with Crippen LogP contribution in [0.15, 0.2) is 30.3 Å². The molecule has 0 saturated heterocycles. The van der Waals surface area contributed by atoms with E-state index in [1.807, 2.05) is 39.5 Å². The number of halogens is 5. The molecule has 0 fully saturated rings. The largest absolute Gasteiger partial charge is 0.482 e. The van der Waals surface area contributed by atoms with Gasteiger partial charge in [0.2, 0.25) is 0 Å². The van der Waals surface area contributed by atoms with Gasteiger partial charge in [0.1, 0.15) is 11.6 Å². The third kappa shape index (κ3) is 9.61. The van der Waals surface area contributed by atoms with E-state index in [9.17, 15) is 23.1 Å². The molecule has 0 aliphatic rings. The van der Waals surface area contributed by atoms with E-state index in [4.69, 9.17) is 16.3 Å². The molecule has 2 rings (SSSR count). The summed E-state index contributed by atoms with van der Waals surface area (Å²) in [5.74, 6) is -1.64. The van der Waals surface area contributed by atoms with Gasteiger partial charge in [-0.1, -0.05) is 46.2 Å². The van der Waals surface area contributed by atoms with Crippen molar-refractivity contribution in [3.05, 3.63) is 46.7 Å². The number of anilines is 3. The second-order valence-corrected chi connectivity index (χ2v) is 10.4. The second kappa shape index (κ2) is 13.2. The maximum absolute atomic E-state index is 15.8. The molecule has 206 valence electrons. The van der Waals surface area contributed by atoms with Gasteiger partial charge in [-0.3, -0.25) is 4.79 Å². The molecule has 1 atom stereocenters. The average Bonchev–Trinajstić information content (AvgIpc) is 2.75. The third-order valence-electron chi connectivity index (χ3n) is 5.56. The van der Waals surface area contributed by atoms with Gasteiger partial charge in [0, 0.05) is 24.8 Å². The Balaban J connectivity index is 2.61. The van der Waals surface area contributed by atoms with Gasteiger partial charge in [-0.05, 0) is 54.0 Å². The Hall–Kier alpha value is -2.68. The standard InChI is InChI=1S/C27H35ClF4N2O3/c1-6-18(11-25(35)36)19-9-22(29)26(34(13-16(2)3)14-17(4)5)23(10-19)33-20-7-8-21(28)24(12-20)37-15-27(30,31)32/h7-10,12,16-18,33H,6,11,13-15H2,1-5H3,(H,35,36). The van der Waals surface area contributed by atoms with Crippen molar-refractivity contribution in [2.45, 2.75) is 59.6 Å². The van der Waals surface area contributed by atoms with Crippen LogP contribution < -0.4 is 15.0 Å². The molecule has 0 radical (unpaired) electrons. The van der Waals surface area contributed by atoms with Crippen LogP contribution in [-0.4, -0.2) is 36.9 Å². The summed E-state index contributed by atoms with van der Waals surface area (Å²) in [5.41, 5.74) is 1.55. The zero-order chi connectivity index (χ0) is 27.9. The fourth-order valence-electron chi connectivity index (χ4n) is 4.13. The molecule has 0 saturated carbocycles. The smallest absolute Gasteiger partial charge is 0.422 e. The Kier molecular flexibility index (Phi) is 10.9. The van der Waals surface area contributed by atoms with E-state index in [1.165, 1.54) is 18.2 Å². The zero-order valence-electron chi connectivity index (χ0n) is 21.8. The minimum absolute atomic E-state index is 0.00343.